The van der Waals surface area contributed by atoms with Crippen LogP contribution < -0.4 is 11.1 Å². The van der Waals surface area contributed by atoms with Gasteiger partial charge in [0.1, 0.15) is 0 Å². The first-order chi connectivity index (χ1) is 11.3. The van der Waals surface area contributed by atoms with Crippen molar-refractivity contribution in [3.05, 3.63) is 30.9 Å². The van der Waals surface area contributed by atoms with Crippen LogP contribution in [0.15, 0.2) is 30.9 Å². The molecule has 1 fully saturated rings. The zero-order valence-corrected chi connectivity index (χ0v) is 12.5. The Bertz CT molecular complexity index is 826. The highest BCUT2D eigenvalue weighted by molar-refractivity contribution is 5.67. The second-order valence-electron chi connectivity index (χ2n) is 5.45. The molecule has 3 aromatic heterocycles. The number of aromatic nitrogens is 5. The molecule has 1 saturated heterocycles. The van der Waals surface area contributed by atoms with Crippen LogP contribution in [0.4, 0.5) is 11.8 Å². The minimum atomic E-state index is 0.348. The van der Waals surface area contributed by atoms with Crippen molar-refractivity contribution in [2.24, 2.45) is 0 Å². The quantitative estimate of drug-likeness (QED) is 0.752. The maximum atomic E-state index is 5.85. The summed E-state index contributed by atoms with van der Waals surface area (Å²) in [4.78, 5) is 17.3. The van der Waals surface area contributed by atoms with E-state index in [1.165, 1.54) is 0 Å². The van der Waals surface area contributed by atoms with E-state index in [1.54, 1.807) is 18.6 Å². The Morgan fingerprint density at radius 1 is 1.17 bits per heavy atom. The molecule has 0 radical (unpaired) electrons. The van der Waals surface area contributed by atoms with E-state index in [2.05, 4.69) is 25.3 Å². The van der Waals surface area contributed by atoms with E-state index < -0.39 is 0 Å². The van der Waals surface area contributed by atoms with Crippen LogP contribution in [0.5, 0.6) is 0 Å². The van der Waals surface area contributed by atoms with Crippen LogP contribution in [0.1, 0.15) is 12.8 Å². The van der Waals surface area contributed by atoms with Gasteiger partial charge in [-0.1, -0.05) is 0 Å². The molecule has 23 heavy (non-hydrogen) atoms. The Morgan fingerprint density at radius 3 is 2.91 bits per heavy atom. The lowest BCUT2D eigenvalue weighted by Crippen LogP contribution is -2.28. The van der Waals surface area contributed by atoms with Crippen LogP contribution in [0.2, 0.25) is 0 Å². The molecular weight excluding hydrogens is 294 g/mol. The molecule has 0 saturated carbocycles. The van der Waals surface area contributed by atoms with E-state index in [1.807, 2.05) is 16.7 Å². The number of nitrogens with one attached hydrogen (secondary N) is 1. The Labute approximate surface area is 132 Å². The third kappa shape index (κ3) is 2.68. The van der Waals surface area contributed by atoms with Gasteiger partial charge in [0, 0.05) is 37.8 Å². The fraction of sp³-hybridized carbons (Fsp3) is 0.333. The number of ether oxygens (including phenoxy) is 1. The van der Waals surface area contributed by atoms with E-state index in [0.29, 0.717) is 23.5 Å². The molecule has 4 heterocycles. The van der Waals surface area contributed by atoms with Gasteiger partial charge < -0.3 is 15.8 Å². The van der Waals surface area contributed by atoms with Crippen molar-refractivity contribution < 1.29 is 4.74 Å². The van der Waals surface area contributed by atoms with E-state index in [-0.39, 0.29) is 0 Å². The maximum absolute atomic E-state index is 5.85. The van der Waals surface area contributed by atoms with Crippen LogP contribution in [-0.2, 0) is 4.74 Å². The average Bonchev–Trinajstić information content (AvgIpc) is 3.02. The molecule has 0 unspecified atom stereocenters. The molecule has 0 bridgehead atoms. The van der Waals surface area contributed by atoms with Crippen molar-refractivity contribution in [1.29, 1.82) is 0 Å². The van der Waals surface area contributed by atoms with E-state index in [0.717, 1.165) is 37.4 Å². The summed E-state index contributed by atoms with van der Waals surface area (Å²) in [5, 5.41) is 3.37. The Kier molecular flexibility index (Phi) is 3.51. The summed E-state index contributed by atoms with van der Waals surface area (Å²) in [6, 6.07) is 2.20. The molecule has 3 N–H and O–H groups in total. The molecule has 0 aliphatic carbocycles. The molecule has 4 rings (SSSR count). The highest BCUT2D eigenvalue weighted by Crippen LogP contribution is 2.21. The SMILES string of the molecule is Nc1nccn2c(-c3ccnc(NC4CCOCC4)n3)cnc12. The number of nitrogens with zero attached hydrogens (tertiary/aromatic N) is 5. The minimum absolute atomic E-state index is 0.348. The third-order valence-electron chi connectivity index (χ3n) is 3.93. The Balaban J connectivity index is 1.66. The summed E-state index contributed by atoms with van der Waals surface area (Å²) in [5.74, 6) is 1.01. The number of hydrogen-bond acceptors (Lipinski definition) is 7. The number of nitrogens with two attached hydrogens (primary N) is 1. The second kappa shape index (κ2) is 5.81. The van der Waals surface area contributed by atoms with Crippen molar-refractivity contribution in [3.63, 3.8) is 0 Å². The number of hydrogen-bond donors (Lipinski definition) is 2. The van der Waals surface area contributed by atoms with Gasteiger partial charge in [0.15, 0.2) is 11.5 Å². The average molecular weight is 311 g/mol. The van der Waals surface area contributed by atoms with Gasteiger partial charge in [-0.15, -0.1) is 0 Å². The molecule has 118 valence electrons. The van der Waals surface area contributed by atoms with Gasteiger partial charge in [-0.25, -0.2) is 19.9 Å². The van der Waals surface area contributed by atoms with Crippen LogP contribution in [0, 0.1) is 0 Å². The van der Waals surface area contributed by atoms with Crippen molar-refractivity contribution in [3.8, 4) is 11.4 Å². The van der Waals surface area contributed by atoms with E-state index >= 15 is 0 Å². The van der Waals surface area contributed by atoms with Crippen LogP contribution in [0.3, 0.4) is 0 Å². The molecule has 8 heteroatoms. The summed E-state index contributed by atoms with van der Waals surface area (Å²) in [7, 11) is 0. The summed E-state index contributed by atoms with van der Waals surface area (Å²) in [6.07, 6.45) is 8.89. The number of nitrogen functional groups attached to an aromatic ring is 1. The number of anilines is 2. The summed E-state index contributed by atoms with van der Waals surface area (Å²) in [5.41, 5.74) is 8.11. The van der Waals surface area contributed by atoms with Crippen molar-refractivity contribution >= 4 is 17.4 Å². The zero-order valence-electron chi connectivity index (χ0n) is 12.5. The lowest BCUT2D eigenvalue weighted by Gasteiger charge is -2.23. The summed E-state index contributed by atoms with van der Waals surface area (Å²) < 4.78 is 7.25. The smallest absolute Gasteiger partial charge is 0.223 e. The van der Waals surface area contributed by atoms with E-state index in [9.17, 15) is 0 Å². The molecule has 0 atom stereocenters. The number of rotatable bonds is 3. The fourth-order valence-electron chi connectivity index (χ4n) is 2.72. The van der Waals surface area contributed by atoms with Gasteiger partial charge >= 0.3 is 0 Å². The van der Waals surface area contributed by atoms with Gasteiger partial charge in [0.25, 0.3) is 0 Å². The number of fused-ring (bicyclic) bond motifs is 1. The molecule has 8 nitrogen and oxygen atoms in total. The molecule has 3 aromatic rings. The normalized spacial score (nSPS) is 15.8. The number of imidazole rings is 1. The standard InChI is InChI=1S/C15H17N7O/c16-13-14-19-9-12(22(14)6-5-17-13)11-1-4-18-15(21-11)20-10-2-7-23-8-3-10/h1,4-6,9-10H,2-3,7-8H2,(H2,16,17)(H,18,20,21). The first-order valence-corrected chi connectivity index (χ1v) is 7.56. The highest BCUT2D eigenvalue weighted by atomic mass is 16.5. The highest BCUT2D eigenvalue weighted by Gasteiger charge is 2.15. The maximum Gasteiger partial charge on any atom is 0.223 e. The lowest BCUT2D eigenvalue weighted by atomic mass is 10.1. The molecule has 1 aliphatic rings. The predicted molar refractivity (Wildman–Crippen MR) is 85.9 cm³/mol. The van der Waals surface area contributed by atoms with Crippen LogP contribution >= 0.6 is 0 Å². The predicted octanol–water partition coefficient (Wildman–Crippen LogP) is 1.36. The first kappa shape index (κ1) is 13.9. The molecule has 0 amide bonds. The first-order valence-electron chi connectivity index (χ1n) is 7.56. The van der Waals surface area contributed by atoms with Gasteiger partial charge in [0.05, 0.1) is 17.6 Å². The van der Waals surface area contributed by atoms with Crippen LogP contribution in [0.25, 0.3) is 17.0 Å². The van der Waals surface area contributed by atoms with Gasteiger partial charge in [-0.3, -0.25) is 4.40 Å². The molecule has 1 aliphatic heterocycles. The monoisotopic (exact) mass is 311 g/mol. The van der Waals surface area contributed by atoms with Crippen molar-refractivity contribution in [1.82, 2.24) is 24.3 Å². The Morgan fingerprint density at radius 2 is 2.04 bits per heavy atom. The summed E-state index contributed by atoms with van der Waals surface area (Å²) in [6.45, 7) is 1.55. The minimum Gasteiger partial charge on any atom is -0.381 e. The van der Waals surface area contributed by atoms with Gasteiger partial charge in [-0.2, -0.15) is 0 Å². The van der Waals surface area contributed by atoms with Gasteiger partial charge in [0.2, 0.25) is 5.95 Å². The second-order valence-corrected chi connectivity index (χ2v) is 5.45. The van der Waals surface area contributed by atoms with Crippen molar-refractivity contribution in [2.75, 3.05) is 24.3 Å². The Hall–Kier alpha value is -2.74. The third-order valence-corrected chi connectivity index (χ3v) is 3.93. The van der Waals surface area contributed by atoms with Crippen molar-refractivity contribution in [2.45, 2.75) is 18.9 Å². The lowest BCUT2D eigenvalue weighted by molar-refractivity contribution is 0.0903. The van der Waals surface area contributed by atoms with Crippen LogP contribution in [-0.4, -0.2) is 43.6 Å². The largest absolute Gasteiger partial charge is 0.381 e. The molecule has 0 aromatic carbocycles. The van der Waals surface area contributed by atoms with Gasteiger partial charge in [-0.05, 0) is 18.9 Å². The molecule has 0 spiro atoms. The topological polar surface area (TPSA) is 103 Å². The zero-order chi connectivity index (χ0) is 15.6. The molecular formula is C15H17N7O. The summed E-state index contributed by atoms with van der Waals surface area (Å²) >= 11 is 0. The van der Waals surface area contributed by atoms with E-state index in [4.69, 9.17) is 10.5 Å². The fourth-order valence-corrected chi connectivity index (χ4v) is 2.72.